The number of aliphatic carboxylic acids is 1. The van der Waals surface area contributed by atoms with Crippen molar-refractivity contribution in [2.24, 2.45) is 5.41 Å². The lowest BCUT2D eigenvalue weighted by atomic mass is 9.65. The number of hydrogen-bond acceptors (Lipinski definition) is 2. The second-order valence-electron chi connectivity index (χ2n) is 4.46. The van der Waals surface area contributed by atoms with Crippen LogP contribution in [0.4, 0.5) is 0 Å². The molecule has 3 heteroatoms. The van der Waals surface area contributed by atoms with E-state index in [9.17, 15) is 9.90 Å². The first-order valence-electron chi connectivity index (χ1n) is 5.53. The highest BCUT2D eigenvalue weighted by Crippen LogP contribution is 2.44. The van der Waals surface area contributed by atoms with Crippen molar-refractivity contribution < 1.29 is 9.90 Å². The third kappa shape index (κ3) is 2.09. The van der Waals surface area contributed by atoms with E-state index in [2.05, 4.69) is 24.3 Å². The predicted molar refractivity (Wildman–Crippen MR) is 65.8 cm³/mol. The van der Waals surface area contributed by atoms with Gasteiger partial charge in [-0.15, -0.1) is 11.8 Å². The van der Waals surface area contributed by atoms with Gasteiger partial charge in [0.2, 0.25) is 0 Å². The Labute approximate surface area is 100 Å². The van der Waals surface area contributed by atoms with E-state index in [0.29, 0.717) is 6.42 Å². The summed E-state index contributed by atoms with van der Waals surface area (Å²) in [7, 11) is 0. The molecule has 0 spiro atoms. The predicted octanol–water partition coefficient (Wildman–Crippen LogP) is 3.21. The maximum atomic E-state index is 11.2. The second-order valence-corrected chi connectivity index (χ2v) is 5.34. The number of carboxylic acid groups (broad SMARTS) is 1. The van der Waals surface area contributed by atoms with Crippen molar-refractivity contribution in [2.75, 3.05) is 6.26 Å². The fourth-order valence-corrected chi connectivity index (χ4v) is 2.61. The molecule has 86 valence electrons. The van der Waals surface area contributed by atoms with Gasteiger partial charge in [-0.05, 0) is 43.2 Å². The van der Waals surface area contributed by atoms with Gasteiger partial charge in [0, 0.05) is 4.90 Å². The molecule has 2 rings (SSSR count). The van der Waals surface area contributed by atoms with E-state index in [1.165, 1.54) is 4.90 Å². The van der Waals surface area contributed by atoms with Gasteiger partial charge in [-0.1, -0.05) is 18.6 Å². The first-order chi connectivity index (χ1) is 7.66. The standard InChI is InChI=1S/C13H16O2S/c1-16-11-5-3-10(4-6-11)9-13(12(14)15)7-2-8-13/h3-6H,2,7-9H2,1H3,(H,14,15). The Bertz CT molecular complexity index is 379. The SMILES string of the molecule is CSc1ccc(CC2(C(=O)O)CCC2)cc1. The number of carboxylic acids is 1. The Hall–Kier alpha value is -0.960. The van der Waals surface area contributed by atoms with E-state index in [1.807, 2.05) is 6.26 Å². The molecule has 0 heterocycles. The summed E-state index contributed by atoms with van der Waals surface area (Å²) in [5, 5.41) is 9.24. The van der Waals surface area contributed by atoms with E-state index in [0.717, 1.165) is 24.8 Å². The van der Waals surface area contributed by atoms with Crippen LogP contribution in [0.15, 0.2) is 29.2 Å². The molecule has 1 saturated carbocycles. The molecule has 0 amide bonds. The summed E-state index contributed by atoms with van der Waals surface area (Å²) in [5.41, 5.74) is 0.667. The van der Waals surface area contributed by atoms with Crippen LogP contribution in [0.2, 0.25) is 0 Å². The lowest BCUT2D eigenvalue weighted by molar-refractivity contribution is -0.154. The first kappa shape index (κ1) is 11.5. The average molecular weight is 236 g/mol. The van der Waals surface area contributed by atoms with Crippen LogP contribution in [0, 0.1) is 5.41 Å². The highest BCUT2D eigenvalue weighted by molar-refractivity contribution is 7.98. The summed E-state index contributed by atoms with van der Waals surface area (Å²) in [6.07, 6.45) is 5.42. The molecule has 0 saturated heterocycles. The van der Waals surface area contributed by atoms with Gasteiger partial charge in [-0.2, -0.15) is 0 Å². The smallest absolute Gasteiger partial charge is 0.309 e. The van der Waals surface area contributed by atoms with Crippen molar-refractivity contribution in [2.45, 2.75) is 30.6 Å². The largest absolute Gasteiger partial charge is 0.481 e. The van der Waals surface area contributed by atoms with Crippen LogP contribution < -0.4 is 0 Å². The zero-order valence-corrected chi connectivity index (χ0v) is 10.2. The highest BCUT2D eigenvalue weighted by Gasteiger charge is 2.44. The molecule has 1 aromatic rings. The van der Waals surface area contributed by atoms with Gasteiger partial charge in [0.25, 0.3) is 0 Å². The number of carbonyl (C=O) groups is 1. The van der Waals surface area contributed by atoms with Crippen molar-refractivity contribution in [3.05, 3.63) is 29.8 Å². The zero-order valence-electron chi connectivity index (χ0n) is 9.40. The number of benzene rings is 1. The van der Waals surface area contributed by atoms with Crippen LogP contribution in [-0.4, -0.2) is 17.3 Å². The Morgan fingerprint density at radius 1 is 1.38 bits per heavy atom. The number of thioether (sulfide) groups is 1. The van der Waals surface area contributed by atoms with E-state index in [1.54, 1.807) is 11.8 Å². The molecule has 16 heavy (non-hydrogen) atoms. The molecule has 1 aromatic carbocycles. The molecule has 0 unspecified atom stereocenters. The van der Waals surface area contributed by atoms with Crippen LogP contribution in [0.5, 0.6) is 0 Å². The molecule has 0 radical (unpaired) electrons. The van der Waals surface area contributed by atoms with Crippen LogP contribution in [0.3, 0.4) is 0 Å². The lowest BCUT2D eigenvalue weighted by Gasteiger charge is -2.37. The van der Waals surface area contributed by atoms with Gasteiger partial charge in [0.15, 0.2) is 0 Å². The Balaban J connectivity index is 2.10. The zero-order chi connectivity index (χ0) is 11.6. The third-order valence-electron chi connectivity index (χ3n) is 3.47. The molecule has 2 nitrogen and oxygen atoms in total. The van der Waals surface area contributed by atoms with E-state index < -0.39 is 11.4 Å². The molecule has 1 aliphatic rings. The number of rotatable bonds is 4. The summed E-state index contributed by atoms with van der Waals surface area (Å²) in [4.78, 5) is 12.5. The van der Waals surface area contributed by atoms with E-state index >= 15 is 0 Å². The van der Waals surface area contributed by atoms with E-state index in [4.69, 9.17) is 0 Å². The average Bonchev–Trinajstić information content (AvgIpc) is 2.24. The Morgan fingerprint density at radius 3 is 2.38 bits per heavy atom. The maximum Gasteiger partial charge on any atom is 0.309 e. The Kier molecular flexibility index (Phi) is 3.24. The van der Waals surface area contributed by atoms with Gasteiger partial charge in [0.1, 0.15) is 0 Å². The van der Waals surface area contributed by atoms with Gasteiger partial charge in [-0.3, -0.25) is 4.79 Å². The lowest BCUT2D eigenvalue weighted by Crippen LogP contribution is -2.39. The fraction of sp³-hybridized carbons (Fsp3) is 0.462. The van der Waals surface area contributed by atoms with Crippen LogP contribution in [0.25, 0.3) is 0 Å². The second kappa shape index (κ2) is 4.50. The quantitative estimate of drug-likeness (QED) is 0.816. The highest BCUT2D eigenvalue weighted by atomic mass is 32.2. The van der Waals surface area contributed by atoms with Gasteiger partial charge in [-0.25, -0.2) is 0 Å². The maximum absolute atomic E-state index is 11.2. The normalized spacial score (nSPS) is 17.8. The molecular formula is C13H16O2S. The van der Waals surface area contributed by atoms with Crippen LogP contribution in [-0.2, 0) is 11.2 Å². The molecule has 1 fully saturated rings. The summed E-state index contributed by atoms with van der Waals surface area (Å²) >= 11 is 1.71. The molecular weight excluding hydrogens is 220 g/mol. The first-order valence-corrected chi connectivity index (χ1v) is 6.75. The van der Waals surface area contributed by atoms with Gasteiger partial charge >= 0.3 is 5.97 Å². The molecule has 1 N–H and O–H groups in total. The molecule has 1 aliphatic carbocycles. The van der Waals surface area contributed by atoms with Crippen molar-refractivity contribution in [1.82, 2.24) is 0 Å². The van der Waals surface area contributed by atoms with Crippen molar-refractivity contribution >= 4 is 17.7 Å². The van der Waals surface area contributed by atoms with Crippen molar-refractivity contribution in [3.8, 4) is 0 Å². The minimum atomic E-state index is -0.632. The summed E-state index contributed by atoms with van der Waals surface area (Å²) in [6.45, 7) is 0. The molecule has 0 aromatic heterocycles. The van der Waals surface area contributed by atoms with Gasteiger partial charge in [0.05, 0.1) is 5.41 Å². The van der Waals surface area contributed by atoms with Crippen molar-refractivity contribution in [1.29, 1.82) is 0 Å². The van der Waals surface area contributed by atoms with Crippen LogP contribution >= 0.6 is 11.8 Å². The molecule has 0 atom stereocenters. The third-order valence-corrected chi connectivity index (χ3v) is 4.21. The van der Waals surface area contributed by atoms with Crippen LogP contribution in [0.1, 0.15) is 24.8 Å². The van der Waals surface area contributed by atoms with E-state index in [-0.39, 0.29) is 0 Å². The number of hydrogen-bond donors (Lipinski definition) is 1. The summed E-state index contributed by atoms with van der Waals surface area (Å²) in [6, 6.07) is 8.23. The molecule has 0 aliphatic heterocycles. The minimum Gasteiger partial charge on any atom is -0.481 e. The fourth-order valence-electron chi connectivity index (χ4n) is 2.20. The summed E-state index contributed by atoms with van der Waals surface area (Å²) < 4.78 is 0. The monoisotopic (exact) mass is 236 g/mol. The topological polar surface area (TPSA) is 37.3 Å². The van der Waals surface area contributed by atoms with Gasteiger partial charge < -0.3 is 5.11 Å². The Morgan fingerprint density at radius 2 is 2.00 bits per heavy atom. The minimum absolute atomic E-state index is 0.471. The van der Waals surface area contributed by atoms with Crippen molar-refractivity contribution in [3.63, 3.8) is 0 Å². The summed E-state index contributed by atoms with van der Waals surface area (Å²) in [5.74, 6) is -0.632. The molecule has 0 bridgehead atoms.